The molecule has 3 heterocycles. The maximum Gasteiger partial charge on any atom is 0.263 e. The van der Waals surface area contributed by atoms with E-state index in [2.05, 4.69) is 63.0 Å². The maximum atomic E-state index is 5.27. The van der Waals surface area contributed by atoms with Crippen LogP contribution in [0.15, 0.2) is 35.1 Å². The summed E-state index contributed by atoms with van der Waals surface area (Å²) in [7, 11) is 0. The second-order valence-electron chi connectivity index (χ2n) is 6.47. The number of nitrogens with zero attached hydrogens (tertiary/aromatic N) is 5. The highest BCUT2D eigenvalue weighted by molar-refractivity contribution is 5.88. The molecule has 2 aromatic heterocycles. The van der Waals surface area contributed by atoms with Gasteiger partial charge in [-0.25, -0.2) is 4.98 Å². The summed E-state index contributed by atoms with van der Waals surface area (Å²) in [6.07, 6.45) is 1.56. The molecule has 1 aliphatic heterocycles. The molecule has 0 spiro atoms. The van der Waals surface area contributed by atoms with Crippen LogP contribution in [0.25, 0.3) is 11.1 Å². The third-order valence-electron chi connectivity index (χ3n) is 4.68. The third-order valence-corrected chi connectivity index (χ3v) is 4.68. The van der Waals surface area contributed by atoms with E-state index in [1.54, 1.807) is 6.33 Å². The molecule has 1 saturated heterocycles. The van der Waals surface area contributed by atoms with Gasteiger partial charge in [-0.2, -0.15) is 4.98 Å². The normalized spacial score (nSPS) is 18.4. The first-order valence-electron chi connectivity index (χ1n) is 8.28. The SMILES string of the molecule is Cc1cccc(N2CCN(c3ncnc4onc(C)c34)CC2C)c1. The van der Waals surface area contributed by atoms with Crippen LogP contribution in [0.5, 0.6) is 0 Å². The van der Waals surface area contributed by atoms with Crippen LogP contribution < -0.4 is 9.80 Å². The van der Waals surface area contributed by atoms with Crippen LogP contribution in [-0.2, 0) is 0 Å². The molecule has 1 fully saturated rings. The van der Waals surface area contributed by atoms with Gasteiger partial charge in [0.1, 0.15) is 17.5 Å². The van der Waals surface area contributed by atoms with Crippen molar-refractivity contribution in [2.75, 3.05) is 29.4 Å². The van der Waals surface area contributed by atoms with E-state index < -0.39 is 0 Å². The van der Waals surface area contributed by atoms with Crippen LogP contribution >= 0.6 is 0 Å². The molecular weight excluding hydrogens is 302 g/mol. The molecule has 3 aromatic rings. The molecule has 24 heavy (non-hydrogen) atoms. The molecule has 0 N–H and O–H groups in total. The Morgan fingerprint density at radius 1 is 1.17 bits per heavy atom. The summed E-state index contributed by atoms with van der Waals surface area (Å²) in [4.78, 5) is 13.4. The first-order valence-corrected chi connectivity index (χ1v) is 8.28. The number of fused-ring (bicyclic) bond motifs is 1. The second kappa shape index (κ2) is 5.78. The van der Waals surface area contributed by atoms with Crippen molar-refractivity contribution in [2.45, 2.75) is 26.8 Å². The lowest BCUT2D eigenvalue weighted by Gasteiger charge is -2.42. The van der Waals surface area contributed by atoms with E-state index in [0.717, 1.165) is 36.5 Å². The van der Waals surface area contributed by atoms with Gasteiger partial charge in [-0.3, -0.25) is 0 Å². The van der Waals surface area contributed by atoms with Crippen LogP contribution in [0.3, 0.4) is 0 Å². The van der Waals surface area contributed by atoms with Gasteiger partial charge in [-0.1, -0.05) is 17.3 Å². The molecule has 4 rings (SSSR count). The fraction of sp³-hybridized carbons (Fsp3) is 0.389. The predicted molar refractivity (Wildman–Crippen MR) is 94.5 cm³/mol. The molecule has 1 atom stereocenters. The number of piperazine rings is 1. The Bertz CT molecular complexity index is 875. The molecule has 1 unspecified atom stereocenters. The van der Waals surface area contributed by atoms with Crippen molar-refractivity contribution in [3.63, 3.8) is 0 Å². The predicted octanol–water partition coefficient (Wildman–Crippen LogP) is 2.95. The van der Waals surface area contributed by atoms with Crippen molar-refractivity contribution in [3.05, 3.63) is 41.9 Å². The molecule has 0 amide bonds. The minimum Gasteiger partial charge on any atom is -0.365 e. The summed E-state index contributed by atoms with van der Waals surface area (Å²) in [5.41, 5.74) is 3.98. The summed E-state index contributed by atoms with van der Waals surface area (Å²) in [5.74, 6) is 0.925. The molecule has 0 radical (unpaired) electrons. The minimum atomic E-state index is 0.394. The van der Waals surface area contributed by atoms with Gasteiger partial charge >= 0.3 is 0 Å². The van der Waals surface area contributed by atoms with E-state index in [4.69, 9.17) is 4.52 Å². The van der Waals surface area contributed by atoms with Gasteiger partial charge in [0.05, 0.1) is 5.69 Å². The molecule has 0 bridgehead atoms. The minimum absolute atomic E-state index is 0.394. The van der Waals surface area contributed by atoms with Crippen molar-refractivity contribution in [1.29, 1.82) is 0 Å². The molecular formula is C18H21N5O. The van der Waals surface area contributed by atoms with Crippen LogP contribution in [0.2, 0.25) is 0 Å². The monoisotopic (exact) mass is 323 g/mol. The maximum absolute atomic E-state index is 5.27. The highest BCUT2D eigenvalue weighted by Gasteiger charge is 2.27. The topological polar surface area (TPSA) is 58.3 Å². The van der Waals surface area contributed by atoms with Crippen LogP contribution in [-0.4, -0.2) is 40.8 Å². The summed E-state index contributed by atoms with van der Waals surface area (Å²) in [6, 6.07) is 9.09. The summed E-state index contributed by atoms with van der Waals surface area (Å²) < 4.78 is 5.27. The average molecular weight is 323 g/mol. The summed E-state index contributed by atoms with van der Waals surface area (Å²) in [6.45, 7) is 9.11. The second-order valence-corrected chi connectivity index (χ2v) is 6.47. The molecule has 1 aromatic carbocycles. The van der Waals surface area contributed by atoms with Gasteiger partial charge in [-0.15, -0.1) is 0 Å². The fourth-order valence-corrected chi connectivity index (χ4v) is 3.48. The summed E-state index contributed by atoms with van der Waals surface area (Å²) in [5, 5.41) is 4.95. The first kappa shape index (κ1) is 14.9. The first-order chi connectivity index (χ1) is 11.6. The van der Waals surface area contributed by atoms with E-state index in [9.17, 15) is 0 Å². The Hall–Kier alpha value is -2.63. The lowest BCUT2D eigenvalue weighted by Crippen LogP contribution is -2.52. The highest BCUT2D eigenvalue weighted by atomic mass is 16.5. The zero-order valence-electron chi connectivity index (χ0n) is 14.2. The van der Waals surface area contributed by atoms with Crippen molar-refractivity contribution in [2.24, 2.45) is 0 Å². The van der Waals surface area contributed by atoms with Gasteiger partial charge < -0.3 is 14.3 Å². The number of aryl methyl sites for hydroxylation is 2. The molecule has 0 saturated carbocycles. The number of hydrogen-bond acceptors (Lipinski definition) is 6. The third kappa shape index (κ3) is 2.48. The van der Waals surface area contributed by atoms with E-state index in [1.807, 2.05) is 6.92 Å². The van der Waals surface area contributed by atoms with E-state index >= 15 is 0 Å². The quantitative estimate of drug-likeness (QED) is 0.723. The smallest absolute Gasteiger partial charge is 0.263 e. The Labute approximate surface area is 141 Å². The lowest BCUT2D eigenvalue weighted by molar-refractivity contribution is 0.442. The van der Waals surface area contributed by atoms with E-state index in [0.29, 0.717) is 11.8 Å². The van der Waals surface area contributed by atoms with Gasteiger partial charge in [0.15, 0.2) is 0 Å². The Kier molecular flexibility index (Phi) is 3.59. The van der Waals surface area contributed by atoms with Gasteiger partial charge in [0.2, 0.25) is 0 Å². The Morgan fingerprint density at radius 2 is 2.04 bits per heavy atom. The van der Waals surface area contributed by atoms with Crippen molar-refractivity contribution in [1.82, 2.24) is 15.1 Å². The molecule has 6 heteroatoms. The standard InChI is InChI=1S/C18H21N5O/c1-12-5-4-6-15(9-12)23-8-7-22(10-13(23)2)17-16-14(3)21-24-18(16)20-11-19-17/h4-6,9,11,13H,7-8,10H2,1-3H3. The zero-order valence-corrected chi connectivity index (χ0v) is 14.2. The number of hydrogen-bond donors (Lipinski definition) is 0. The molecule has 6 nitrogen and oxygen atoms in total. The summed E-state index contributed by atoms with van der Waals surface area (Å²) >= 11 is 0. The van der Waals surface area contributed by atoms with Crippen molar-refractivity contribution >= 4 is 22.6 Å². The number of rotatable bonds is 2. The Balaban J connectivity index is 1.61. The molecule has 0 aliphatic carbocycles. The van der Waals surface area contributed by atoms with Crippen LogP contribution in [0, 0.1) is 13.8 Å². The molecule has 1 aliphatic rings. The number of benzene rings is 1. The zero-order chi connectivity index (χ0) is 16.7. The fourth-order valence-electron chi connectivity index (χ4n) is 3.48. The van der Waals surface area contributed by atoms with E-state index in [1.165, 1.54) is 11.3 Å². The largest absolute Gasteiger partial charge is 0.365 e. The Morgan fingerprint density at radius 3 is 2.83 bits per heavy atom. The number of anilines is 2. The van der Waals surface area contributed by atoms with Gasteiger partial charge in [0.25, 0.3) is 5.71 Å². The van der Waals surface area contributed by atoms with Crippen molar-refractivity contribution in [3.8, 4) is 0 Å². The van der Waals surface area contributed by atoms with E-state index in [-0.39, 0.29) is 0 Å². The average Bonchev–Trinajstić information content (AvgIpc) is 2.96. The van der Waals surface area contributed by atoms with Gasteiger partial charge in [0, 0.05) is 31.4 Å². The van der Waals surface area contributed by atoms with Gasteiger partial charge in [-0.05, 0) is 38.5 Å². The van der Waals surface area contributed by atoms with Crippen molar-refractivity contribution < 1.29 is 4.52 Å². The molecule has 124 valence electrons. The highest BCUT2D eigenvalue weighted by Crippen LogP contribution is 2.29. The number of aromatic nitrogens is 3. The van der Waals surface area contributed by atoms with Crippen LogP contribution in [0.4, 0.5) is 11.5 Å². The van der Waals surface area contributed by atoms with Crippen LogP contribution in [0.1, 0.15) is 18.2 Å². The lowest BCUT2D eigenvalue weighted by atomic mass is 10.1.